The maximum atomic E-state index is 10.9. The number of pyridine rings is 2. The third kappa shape index (κ3) is 6.19. The lowest BCUT2D eigenvalue weighted by Gasteiger charge is -2.47. The molecule has 6 saturated heterocycles. The molecule has 10 rings (SSSR count). The topological polar surface area (TPSA) is 86.5 Å². The van der Waals surface area contributed by atoms with Crippen LogP contribution in [0.25, 0.3) is 21.8 Å². The summed E-state index contributed by atoms with van der Waals surface area (Å²) in [5.41, 5.74) is 3.57. The number of carbonyl (C=O) groups excluding carboxylic acids is 1. The van der Waals surface area contributed by atoms with Crippen LogP contribution in [0.2, 0.25) is 0 Å². The third-order valence-electron chi connectivity index (χ3n) is 9.73. The number of aliphatic hydroxyl groups excluding tert-OH is 1. The summed E-state index contributed by atoms with van der Waals surface area (Å²) in [4.78, 5) is 21.6. The zero-order chi connectivity index (χ0) is 28.2. The molecule has 0 amide bonds. The van der Waals surface area contributed by atoms with Crippen molar-refractivity contribution in [1.29, 1.82) is 0 Å². The summed E-state index contributed by atoms with van der Waals surface area (Å²) < 4.78 is 0.385. The molecule has 6 aliphatic heterocycles. The second-order valence-electron chi connectivity index (χ2n) is 12.2. The molecule has 7 heteroatoms. The number of quaternary nitrogens is 1. The summed E-state index contributed by atoms with van der Waals surface area (Å²) in [5.74, 6) is 1.77. The molecule has 8 heterocycles. The molecule has 0 saturated carbocycles. The predicted molar refractivity (Wildman–Crippen MR) is 161 cm³/mol. The standard InChI is InChI=1S/C17H20N2O.C10H7NO.C7H14NO/c20-17(16-11-12-6-9-19(16)10-7-12)14-5-8-18-15-4-2-1-3-13(14)15;12-7-8-5-6-11-10-4-2-1-3-9(8)10;9-8-4-1-7(2-5-8)3-6-8/h1-5,8,12,16-17,20H,6-7,9-11H2;1-7H;7,9H,1-6H2/q;;+1/t16-,17+;;/m1../s1. The minimum absolute atomic E-state index is 0.285. The molecule has 0 aliphatic carbocycles. The first-order chi connectivity index (χ1) is 20.0. The van der Waals surface area contributed by atoms with Crippen LogP contribution in [0.3, 0.4) is 0 Å². The zero-order valence-corrected chi connectivity index (χ0v) is 23.7. The van der Waals surface area contributed by atoms with Gasteiger partial charge in [-0.15, -0.1) is 0 Å². The summed E-state index contributed by atoms with van der Waals surface area (Å²) in [6, 6.07) is 19.7. The van der Waals surface area contributed by atoms with Crippen molar-refractivity contribution in [2.75, 3.05) is 32.7 Å². The van der Waals surface area contributed by atoms with Crippen LogP contribution in [0.15, 0.2) is 73.1 Å². The average molecular weight is 554 g/mol. The lowest BCUT2D eigenvalue weighted by molar-refractivity contribution is -1.11. The number of aldehydes is 1. The monoisotopic (exact) mass is 553 g/mol. The van der Waals surface area contributed by atoms with Crippen LogP contribution in [0.1, 0.15) is 60.6 Å². The predicted octanol–water partition coefficient (Wildman–Crippen LogP) is 5.81. The van der Waals surface area contributed by atoms with Crippen LogP contribution in [0.4, 0.5) is 0 Å². The van der Waals surface area contributed by atoms with Crippen molar-refractivity contribution < 1.29 is 19.8 Å². The number of nitrogens with zero attached hydrogens (tertiary/aromatic N) is 4. The van der Waals surface area contributed by atoms with Gasteiger partial charge in [0.05, 0.1) is 17.1 Å². The van der Waals surface area contributed by atoms with Gasteiger partial charge in [0.15, 0.2) is 6.29 Å². The number of rotatable bonds is 3. The number of aromatic nitrogens is 2. The first kappa shape index (κ1) is 27.9. The summed E-state index contributed by atoms with van der Waals surface area (Å²) in [6.45, 7) is 5.35. The van der Waals surface area contributed by atoms with E-state index in [1.165, 1.54) is 32.1 Å². The minimum atomic E-state index is -0.397. The summed E-state index contributed by atoms with van der Waals surface area (Å²) in [7, 11) is 0. The van der Waals surface area contributed by atoms with Gasteiger partial charge >= 0.3 is 0 Å². The number of aliphatic hydroxyl groups is 1. The fourth-order valence-electron chi connectivity index (χ4n) is 7.18. The summed E-state index contributed by atoms with van der Waals surface area (Å²) in [6.07, 6.45) is 11.4. The summed E-state index contributed by atoms with van der Waals surface area (Å²) >= 11 is 0. The number of carbonyl (C=O) groups is 1. The van der Waals surface area contributed by atoms with E-state index in [0.717, 1.165) is 84.6 Å². The minimum Gasteiger partial charge on any atom is -0.387 e. The van der Waals surface area contributed by atoms with Gasteiger partial charge in [-0.25, -0.2) is 5.21 Å². The van der Waals surface area contributed by atoms with E-state index in [-0.39, 0.29) is 6.04 Å². The second-order valence-corrected chi connectivity index (χ2v) is 12.2. The van der Waals surface area contributed by atoms with E-state index in [4.69, 9.17) is 0 Å². The van der Waals surface area contributed by atoms with Gasteiger partial charge in [-0.2, -0.15) is 4.65 Å². The van der Waals surface area contributed by atoms with E-state index in [1.807, 2.05) is 54.7 Å². The van der Waals surface area contributed by atoms with E-state index in [2.05, 4.69) is 20.9 Å². The molecule has 0 spiro atoms. The lowest BCUT2D eigenvalue weighted by atomic mass is 9.80. The molecule has 41 heavy (non-hydrogen) atoms. The Labute approximate surface area is 242 Å². The Morgan fingerprint density at radius 1 is 0.780 bits per heavy atom. The van der Waals surface area contributed by atoms with Crippen molar-refractivity contribution in [1.82, 2.24) is 14.9 Å². The number of hydroxylamine groups is 3. The second kappa shape index (κ2) is 12.3. The van der Waals surface area contributed by atoms with Gasteiger partial charge in [-0.05, 0) is 74.0 Å². The first-order valence-corrected chi connectivity index (χ1v) is 15.2. The molecule has 214 valence electrons. The Bertz CT molecular complexity index is 1450. The number of hydrogen-bond donors (Lipinski definition) is 2. The van der Waals surface area contributed by atoms with E-state index in [1.54, 1.807) is 12.3 Å². The maximum absolute atomic E-state index is 10.9. The molecule has 2 atom stereocenters. The Morgan fingerprint density at radius 2 is 1.37 bits per heavy atom. The van der Waals surface area contributed by atoms with E-state index in [9.17, 15) is 15.1 Å². The van der Waals surface area contributed by atoms with Gasteiger partial charge in [0.25, 0.3) is 0 Å². The van der Waals surface area contributed by atoms with Crippen molar-refractivity contribution in [2.45, 2.75) is 50.7 Å². The number of hydrogen-bond acceptors (Lipinski definition) is 6. The molecule has 7 nitrogen and oxygen atoms in total. The van der Waals surface area contributed by atoms with Gasteiger partial charge in [0.2, 0.25) is 0 Å². The third-order valence-corrected chi connectivity index (χ3v) is 9.73. The highest BCUT2D eigenvalue weighted by Crippen LogP contribution is 2.39. The van der Waals surface area contributed by atoms with E-state index in [0.29, 0.717) is 10.2 Å². The fourth-order valence-corrected chi connectivity index (χ4v) is 7.18. The van der Waals surface area contributed by atoms with Crippen LogP contribution in [0, 0.1) is 11.8 Å². The number of para-hydroxylation sites is 2. The van der Waals surface area contributed by atoms with Crippen LogP contribution in [-0.2, 0) is 0 Å². The van der Waals surface area contributed by atoms with Gasteiger partial charge in [-0.1, -0.05) is 36.4 Å². The van der Waals surface area contributed by atoms with Gasteiger partial charge in [-0.3, -0.25) is 19.7 Å². The normalized spacial score (nSPS) is 28.7. The van der Waals surface area contributed by atoms with Crippen LogP contribution in [-0.4, -0.2) is 74.9 Å². The number of benzene rings is 2. The molecule has 0 radical (unpaired) electrons. The van der Waals surface area contributed by atoms with Crippen LogP contribution < -0.4 is 0 Å². The molecule has 2 aromatic carbocycles. The average Bonchev–Trinajstić information content (AvgIpc) is 3.05. The molecular formula is C34H41N4O3+. The highest BCUT2D eigenvalue weighted by atomic mass is 16.5. The molecular weight excluding hydrogens is 512 g/mol. The van der Waals surface area contributed by atoms with Crippen molar-refractivity contribution in [3.63, 3.8) is 0 Å². The Kier molecular flexibility index (Phi) is 8.40. The zero-order valence-electron chi connectivity index (χ0n) is 23.7. The highest BCUT2D eigenvalue weighted by molar-refractivity contribution is 5.95. The largest absolute Gasteiger partial charge is 0.387 e. The van der Waals surface area contributed by atoms with E-state index >= 15 is 0 Å². The van der Waals surface area contributed by atoms with Crippen LogP contribution in [0.5, 0.6) is 0 Å². The molecule has 2 N–H and O–H groups in total. The number of fused-ring (bicyclic) bond motifs is 8. The van der Waals surface area contributed by atoms with Gasteiger partial charge in [0, 0.05) is 54.0 Å². The smallest absolute Gasteiger partial charge is 0.150 e. The maximum Gasteiger partial charge on any atom is 0.150 e. The lowest BCUT2D eigenvalue weighted by Crippen LogP contribution is -2.55. The first-order valence-electron chi connectivity index (χ1n) is 15.2. The van der Waals surface area contributed by atoms with Crippen LogP contribution >= 0.6 is 0 Å². The Hall–Kier alpha value is -3.23. The molecule has 6 aliphatic rings. The van der Waals surface area contributed by atoms with Crippen molar-refractivity contribution in [2.24, 2.45) is 11.8 Å². The number of piperidine rings is 6. The van der Waals surface area contributed by atoms with Crippen molar-refractivity contribution in [3.8, 4) is 0 Å². The van der Waals surface area contributed by atoms with Crippen molar-refractivity contribution >= 4 is 28.1 Å². The SMILES string of the molecule is O=Cc1ccnc2ccccc12.O[C@@H](c1ccnc2ccccc12)[C@H]1CC2CCN1CC2.O[N+]12CCC(CC1)CC2. The molecule has 4 bridgehead atoms. The fraction of sp³-hybridized carbons (Fsp3) is 0.441. The molecule has 4 aromatic rings. The summed E-state index contributed by atoms with van der Waals surface area (Å²) in [5, 5.41) is 22.6. The van der Waals surface area contributed by atoms with Gasteiger partial charge in [0.1, 0.15) is 19.6 Å². The molecule has 2 aromatic heterocycles. The van der Waals surface area contributed by atoms with Gasteiger partial charge < -0.3 is 5.11 Å². The van der Waals surface area contributed by atoms with Crippen molar-refractivity contribution in [3.05, 3.63) is 84.2 Å². The van der Waals surface area contributed by atoms with E-state index < -0.39 is 6.10 Å². The quantitative estimate of drug-likeness (QED) is 0.246. The Balaban J connectivity index is 0.000000122. The molecule has 0 unspecified atom stereocenters. The highest BCUT2D eigenvalue weighted by Gasteiger charge is 2.39. The Morgan fingerprint density at radius 3 is 1.93 bits per heavy atom. The molecule has 6 fully saturated rings.